The number of nitrogens with zero attached hydrogens (tertiary/aromatic N) is 2. The van der Waals surface area contributed by atoms with Crippen LogP contribution in [0.2, 0.25) is 0 Å². The molecule has 1 heterocycles. The van der Waals surface area contributed by atoms with E-state index in [0.29, 0.717) is 18.9 Å². The van der Waals surface area contributed by atoms with Crippen molar-refractivity contribution in [1.29, 1.82) is 0 Å². The number of primary amides is 1. The molecule has 1 amide bonds. The lowest BCUT2D eigenvalue weighted by atomic mass is 10.3. The van der Waals surface area contributed by atoms with E-state index >= 15 is 0 Å². The Morgan fingerprint density at radius 2 is 2.14 bits per heavy atom. The Balaban J connectivity index is 2.69. The molecule has 0 aliphatic heterocycles. The van der Waals surface area contributed by atoms with Gasteiger partial charge in [0.05, 0.1) is 0 Å². The van der Waals surface area contributed by atoms with Crippen molar-refractivity contribution in [2.24, 2.45) is 11.5 Å². The number of amides is 1. The Hall–Kier alpha value is -1.69. The first-order valence-electron chi connectivity index (χ1n) is 4.30. The van der Waals surface area contributed by atoms with Gasteiger partial charge in [0.15, 0.2) is 11.5 Å². The van der Waals surface area contributed by atoms with Crippen molar-refractivity contribution >= 4 is 11.7 Å². The van der Waals surface area contributed by atoms with Crippen LogP contribution < -0.4 is 16.8 Å². The van der Waals surface area contributed by atoms with Crippen LogP contribution in [0.3, 0.4) is 0 Å². The number of anilines is 1. The number of hydrogen-bond donors (Lipinski definition) is 3. The van der Waals surface area contributed by atoms with Crippen molar-refractivity contribution in [2.75, 3.05) is 18.4 Å². The summed E-state index contributed by atoms with van der Waals surface area (Å²) in [7, 11) is 0. The van der Waals surface area contributed by atoms with Crippen molar-refractivity contribution in [3.8, 4) is 0 Å². The molecule has 6 heteroatoms. The summed E-state index contributed by atoms with van der Waals surface area (Å²) in [6, 6.07) is 0. The minimum absolute atomic E-state index is 0.157. The van der Waals surface area contributed by atoms with E-state index in [1.807, 2.05) is 0 Å². The summed E-state index contributed by atoms with van der Waals surface area (Å²) in [5, 5.41) is 2.94. The van der Waals surface area contributed by atoms with Gasteiger partial charge in [0.25, 0.3) is 5.91 Å². The average Bonchev–Trinajstić information content (AvgIpc) is 2.19. The van der Waals surface area contributed by atoms with E-state index in [1.165, 1.54) is 12.4 Å². The second-order valence-electron chi connectivity index (χ2n) is 2.69. The molecule has 6 nitrogen and oxygen atoms in total. The van der Waals surface area contributed by atoms with E-state index in [2.05, 4.69) is 15.3 Å². The van der Waals surface area contributed by atoms with Crippen LogP contribution in [0.5, 0.6) is 0 Å². The third-order valence-corrected chi connectivity index (χ3v) is 1.60. The van der Waals surface area contributed by atoms with Crippen LogP contribution in [-0.4, -0.2) is 29.0 Å². The Morgan fingerprint density at radius 1 is 1.43 bits per heavy atom. The summed E-state index contributed by atoms with van der Waals surface area (Å²) in [6.45, 7) is 1.23. The van der Waals surface area contributed by atoms with Gasteiger partial charge in [0.2, 0.25) is 0 Å². The van der Waals surface area contributed by atoms with E-state index in [1.54, 1.807) is 0 Å². The Bertz CT molecular complexity index is 314. The van der Waals surface area contributed by atoms with Gasteiger partial charge >= 0.3 is 0 Å². The molecule has 1 aromatic heterocycles. The van der Waals surface area contributed by atoms with Gasteiger partial charge in [-0.2, -0.15) is 0 Å². The number of aromatic nitrogens is 2. The van der Waals surface area contributed by atoms with Crippen LogP contribution in [0.4, 0.5) is 5.82 Å². The van der Waals surface area contributed by atoms with E-state index in [4.69, 9.17) is 11.5 Å². The van der Waals surface area contributed by atoms with Gasteiger partial charge in [-0.25, -0.2) is 9.97 Å². The zero-order valence-corrected chi connectivity index (χ0v) is 7.73. The Labute approximate surface area is 81.7 Å². The highest BCUT2D eigenvalue weighted by molar-refractivity contribution is 5.95. The third kappa shape index (κ3) is 2.67. The van der Waals surface area contributed by atoms with E-state index in [-0.39, 0.29) is 5.69 Å². The Morgan fingerprint density at radius 3 is 2.79 bits per heavy atom. The maximum atomic E-state index is 10.9. The molecule has 0 aromatic carbocycles. The SMILES string of the molecule is NCCCNc1nccnc1C(N)=O. The molecule has 1 rings (SSSR count). The van der Waals surface area contributed by atoms with Crippen LogP contribution in [0.25, 0.3) is 0 Å². The molecule has 0 bridgehead atoms. The lowest BCUT2D eigenvalue weighted by molar-refractivity contribution is 0.0996. The summed E-state index contributed by atoms with van der Waals surface area (Å²) in [5.41, 5.74) is 10.6. The smallest absolute Gasteiger partial charge is 0.271 e. The number of nitrogens with two attached hydrogens (primary N) is 2. The predicted molar refractivity (Wildman–Crippen MR) is 52.7 cm³/mol. The maximum absolute atomic E-state index is 10.9. The van der Waals surface area contributed by atoms with Crippen molar-refractivity contribution in [3.05, 3.63) is 18.1 Å². The monoisotopic (exact) mass is 195 g/mol. The minimum Gasteiger partial charge on any atom is -0.368 e. The van der Waals surface area contributed by atoms with E-state index in [9.17, 15) is 4.79 Å². The first-order valence-corrected chi connectivity index (χ1v) is 4.30. The quantitative estimate of drug-likeness (QED) is 0.540. The molecule has 5 N–H and O–H groups in total. The molecule has 14 heavy (non-hydrogen) atoms. The minimum atomic E-state index is -0.589. The van der Waals surface area contributed by atoms with Gasteiger partial charge in [0.1, 0.15) is 0 Å². The van der Waals surface area contributed by atoms with E-state index in [0.717, 1.165) is 6.42 Å². The fourth-order valence-corrected chi connectivity index (χ4v) is 0.957. The molecular formula is C8H13N5O. The van der Waals surface area contributed by atoms with E-state index < -0.39 is 5.91 Å². The second-order valence-corrected chi connectivity index (χ2v) is 2.69. The molecule has 1 aromatic rings. The molecule has 0 unspecified atom stereocenters. The van der Waals surface area contributed by atoms with Gasteiger partial charge in [-0.1, -0.05) is 0 Å². The molecule has 0 radical (unpaired) electrons. The highest BCUT2D eigenvalue weighted by Crippen LogP contribution is 2.06. The fraction of sp³-hybridized carbons (Fsp3) is 0.375. The lowest BCUT2D eigenvalue weighted by Crippen LogP contribution is -2.18. The van der Waals surface area contributed by atoms with Crippen LogP contribution in [0.15, 0.2) is 12.4 Å². The molecule has 0 fully saturated rings. The van der Waals surface area contributed by atoms with Crippen molar-refractivity contribution in [2.45, 2.75) is 6.42 Å². The van der Waals surface area contributed by atoms with Crippen LogP contribution in [0, 0.1) is 0 Å². The summed E-state index contributed by atoms with van der Waals surface area (Å²) >= 11 is 0. The van der Waals surface area contributed by atoms with Crippen molar-refractivity contribution in [3.63, 3.8) is 0 Å². The van der Waals surface area contributed by atoms with Gasteiger partial charge in [-0.3, -0.25) is 4.79 Å². The number of rotatable bonds is 5. The molecule has 0 aliphatic rings. The summed E-state index contributed by atoms with van der Waals surface area (Å²) in [6.07, 6.45) is 3.72. The molecule has 0 aliphatic carbocycles. The molecule has 0 saturated heterocycles. The Kier molecular flexibility index (Phi) is 3.81. The zero-order chi connectivity index (χ0) is 10.4. The summed E-state index contributed by atoms with van der Waals surface area (Å²) in [4.78, 5) is 18.7. The number of carbonyl (C=O) groups is 1. The predicted octanol–water partition coefficient (Wildman–Crippen LogP) is -0.664. The zero-order valence-electron chi connectivity index (χ0n) is 7.73. The van der Waals surface area contributed by atoms with Gasteiger partial charge in [-0.15, -0.1) is 0 Å². The normalized spacial score (nSPS) is 9.79. The average molecular weight is 195 g/mol. The highest BCUT2D eigenvalue weighted by atomic mass is 16.1. The van der Waals surface area contributed by atoms with Gasteiger partial charge in [-0.05, 0) is 13.0 Å². The maximum Gasteiger partial charge on any atom is 0.271 e. The number of carbonyl (C=O) groups excluding carboxylic acids is 1. The van der Waals surface area contributed by atoms with Gasteiger partial charge < -0.3 is 16.8 Å². The largest absolute Gasteiger partial charge is 0.368 e. The summed E-state index contributed by atoms with van der Waals surface area (Å²) < 4.78 is 0. The van der Waals surface area contributed by atoms with Crippen molar-refractivity contribution < 1.29 is 4.79 Å². The third-order valence-electron chi connectivity index (χ3n) is 1.60. The topological polar surface area (TPSA) is 107 Å². The van der Waals surface area contributed by atoms with Crippen molar-refractivity contribution in [1.82, 2.24) is 9.97 Å². The standard InChI is InChI=1S/C8H13N5O/c9-2-1-3-12-8-6(7(10)14)11-4-5-13-8/h4-5H,1-3,9H2,(H2,10,14)(H,12,13). The molecule has 0 saturated carbocycles. The second kappa shape index (κ2) is 5.13. The summed E-state index contributed by atoms with van der Waals surface area (Å²) in [5.74, 6) is -0.179. The van der Waals surface area contributed by atoms with Crippen LogP contribution in [-0.2, 0) is 0 Å². The first kappa shape index (κ1) is 10.4. The van der Waals surface area contributed by atoms with Crippen LogP contribution >= 0.6 is 0 Å². The fourth-order valence-electron chi connectivity index (χ4n) is 0.957. The molecular weight excluding hydrogens is 182 g/mol. The lowest BCUT2D eigenvalue weighted by Gasteiger charge is -2.06. The molecule has 76 valence electrons. The number of nitrogens with one attached hydrogen (secondary N) is 1. The molecule has 0 atom stereocenters. The number of hydrogen-bond acceptors (Lipinski definition) is 5. The van der Waals surface area contributed by atoms with Crippen LogP contribution in [0.1, 0.15) is 16.9 Å². The van der Waals surface area contributed by atoms with Gasteiger partial charge in [0, 0.05) is 18.9 Å². The first-order chi connectivity index (χ1) is 6.75. The highest BCUT2D eigenvalue weighted by Gasteiger charge is 2.09. The molecule has 0 spiro atoms.